The normalized spacial score (nSPS) is 13.1. The lowest BCUT2D eigenvalue weighted by atomic mass is 10.1. The summed E-state index contributed by atoms with van der Waals surface area (Å²) >= 11 is 0. The second kappa shape index (κ2) is 8.50. The number of rotatable bonds is 6. The number of benzene rings is 1. The minimum Gasteiger partial charge on any atom is -0.481 e. The molecule has 0 atom stereocenters. The van der Waals surface area contributed by atoms with E-state index in [1.807, 2.05) is 0 Å². The summed E-state index contributed by atoms with van der Waals surface area (Å²) in [6, 6.07) is 10.8. The molecule has 0 N–H and O–H groups in total. The van der Waals surface area contributed by atoms with E-state index in [1.54, 1.807) is 36.1 Å². The van der Waals surface area contributed by atoms with Crippen molar-refractivity contribution in [1.29, 1.82) is 0 Å². The Morgan fingerprint density at radius 2 is 1.91 bits per heavy atom. The lowest BCUT2D eigenvalue weighted by Gasteiger charge is -2.12. The number of alkyl halides is 2. The van der Waals surface area contributed by atoms with Crippen LogP contribution in [0.5, 0.6) is 11.8 Å². The lowest BCUT2D eigenvalue weighted by Crippen LogP contribution is -2.23. The van der Waals surface area contributed by atoms with Crippen molar-refractivity contribution in [2.75, 3.05) is 13.6 Å². The quantitative estimate of drug-likeness (QED) is 0.378. The fourth-order valence-corrected chi connectivity index (χ4v) is 3.58. The summed E-state index contributed by atoms with van der Waals surface area (Å²) in [7, 11) is -0.918. The van der Waals surface area contributed by atoms with Gasteiger partial charge in [-0.15, -0.1) is 0 Å². The monoisotopic (exact) mass is 467 g/mol. The summed E-state index contributed by atoms with van der Waals surface area (Å²) < 4.78 is 59.7. The van der Waals surface area contributed by atoms with Crippen LogP contribution in [0.1, 0.15) is 4.11 Å². The van der Waals surface area contributed by atoms with E-state index in [4.69, 9.17) is 13.6 Å². The van der Waals surface area contributed by atoms with Crippen molar-refractivity contribution >= 4 is 21.9 Å². The van der Waals surface area contributed by atoms with Crippen LogP contribution in [0.2, 0.25) is 0 Å². The molecule has 0 saturated heterocycles. The molecule has 0 amide bonds. The molecule has 0 aliphatic rings. The Morgan fingerprint density at radius 3 is 2.68 bits per heavy atom. The summed E-state index contributed by atoms with van der Waals surface area (Å²) in [5.74, 6) is -0.279. The summed E-state index contributed by atoms with van der Waals surface area (Å²) in [6.45, 7) is -0.869. The van der Waals surface area contributed by atoms with Gasteiger partial charge in [0, 0.05) is 42.5 Å². The fourth-order valence-electron chi connectivity index (χ4n) is 3.58. The number of halogens is 2. The number of aromatic nitrogens is 6. The van der Waals surface area contributed by atoms with Crippen LogP contribution >= 0.6 is 0 Å². The molecule has 0 aliphatic heterocycles. The number of aryl methyl sites for hydroxylation is 1. The van der Waals surface area contributed by atoms with Gasteiger partial charge < -0.3 is 9.47 Å². The number of methoxy groups -OCH3 is 1. The van der Waals surface area contributed by atoms with Gasteiger partial charge in [-0.25, -0.2) is 18.7 Å². The SMILES string of the molecule is [2H]C([2H])([2H])Oc1ccc(-c2c(=O)n(-c3ccc4nn(C)cc4c3)nc3ccc(OCC(F)F)nc23)cn1. The molecule has 0 aliphatic carbocycles. The minimum atomic E-state index is -2.71. The molecule has 34 heavy (non-hydrogen) atoms. The van der Waals surface area contributed by atoms with Gasteiger partial charge in [-0.2, -0.15) is 14.9 Å². The third-order valence-corrected chi connectivity index (χ3v) is 5.03. The Kier molecular flexibility index (Phi) is 4.52. The lowest BCUT2D eigenvalue weighted by molar-refractivity contribution is 0.0798. The predicted molar refractivity (Wildman–Crippen MR) is 121 cm³/mol. The molecule has 0 unspecified atom stereocenters. The highest BCUT2D eigenvalue weighted by Crippen LogP contribution is 2.27. The third-order valence-electron chi connectivity index (χ3n) is 5.03. The van der Waals surface area contributed by atoms with Gasteiger partial charge >= 0.3 is 0 Å². The Morgan fingerprint density at radius 1 is 1.09 bits per heavy atom. The average molecular weight is 467 g/mol. The second-order valence-electron chi connectivity index (χ2n) is 7.34. The molecule has 0 bridgehead atoms. The van der Waals surface area contributed by atoms with Crippen LogP contribution in [0, 0.1) is 0 Å². The first-order chi connectivity index (χ1) is 17.6. The molecule has 0 saturated carbocycles. The largest absolute Gasteiger partial charge is 0.481 e. The van der Waals surface area contributed by atoms with Gasteiger partial charge in [0.1, 0.15) is 11.0 Å². The van der Waals surface area contributed by atoms with E-state index in [0.29, 0.717) is 5.69 Å². The average Bonchev–Trinajstić information content (AvgIpc) is 3.21. The zero-order valence-electron chi connectivity index (χ0n) is 20.6. The van der Waals surface area contributed by atoms with E-state index in [-0.39, 0.29) is 33.9 Å². The molecular formula is C23H18F2N6O3. The molecule has 4 heterocycles. The Hall–Kier alpha value is -4.41. The highest BCUT2D eigenvalue weighted by molar-refractivity contribution is 5.91. The molecular weight excluding hydrogens is 446 g/mol. The number of nitrogens with zero attached hydrogens (tertiary/aromatic N) is 6. The maximum absolute atomic E-state index is 13.7. The summed E-state index contributed by atoms with van der Waals surface area (Å²) in [6.07, 6.45) is 0.355. The predicted octanol–water partition coefficient (Wildman–Crippen LogP) is 3.38. The van der Waals surface area contributed by atoms with Gasteiger partial charge in [-0.3, -0.25) is 9.48 Å². The van der Waals surface area contributed by atoms with Gasteiger partial charge in [0.15, 0.2) is 6.61 Å². The van der Waals surface area contributed by atoms with E-state index in [0.717, 1.165) is 10.9 Å². The van der Waals surface area contributed by atoms with Gasteiger partial charge in [-0.05, 0) is 30.3 Å². The van der Waals surface area contributed by atoms with Crippen LogP contribution in [-0.4, -0.2) is 49.6 Å². The molecule has 4 aromatic heterocycles. The van der Waals surface area contributed by atoms with Crippen molar-refractivity contribution in [3.8, 4) is 28.6 Å². The molecule has 5 aromatic rings. The summed E-state index contributed by atoms with van der Waals surface area (Å²) in [5, 5.41) is 9.56. The Labute approximate surface area is 195 Å². The molecule has 5 rings (SSSR count). The van der Waals surface area contributed by atoms with Gasteiger partial charge in [-0.1, -0.05) is 0 Å². The van der Waals surface area contributed by atoms with Crippen molar-refractivity contribution in [3.05, 3.63) is 65.2 Å². The molecule has 0 fully saturated rings. The van der Waals surface area contributed by atoms with Gasteiger partial charge in [0.05, 0.1) is 27.9 Å². The standard InChI is InChI=1S/C23H18F2N6O3/c1-30-11-14-9-15(4-5-16(14)28-30)31-23(32)21(13-3-7-19(33-2)26-10-13)22-17(29-31)6-8-20(27-22)34-12-18(24)25/h3-11,18H,12H2,1-2H3/i2D3. The fraction of sp³-hybridized carbons (Fsp3) is 0.174. The van der Waals surface area contributed by atoms with Crippen molar-refractivity contribution < 1.29 is 22.4 Å². The van der Waals surface area contributed by atoms with E-state index in [9.17, 15) is 13.6 Å². The minimum absolute atomic E-state index is 0.0618. The van der Waals surface area contributed by atoms with Crippen molar-refractivity contribution in [1.82, 2.24) is 29.5 Å². The molecule has 172 valence electrons. The van der Waals surface area contributed by atoms with Gasteiger partial charge in [0.25, 0.3) is 12.0 Å². The van der Waals surface area contributed by atoms with Crippen molar-refractivity contribution in [3.63, 3.8) is 0 Å². The number of pyridine rings is 2. The number of hydrogen-bond donors (Lipinski definition) is 0. The number of ether oxygens (including phenoxy) is 2. The van der Waals surface area contributed by atoms with Crippen molar-refractivity contribution in [2.45, 2.75) is 6.43 Å². The van der Waals surface area contributed by atoms with E-state index < -0.39 is 25.6 Å². The first-order valence-corrected chi connectivity index (χ1v) is 10.0. The third kappa shape index (κ3) is 3.91. The summed E-state index contributed by atoms with van der Waals surface area (Å²) in [4.78, 5) is 22.0. The zero-order chi connectivity index (χ0) is 26.3. The first kappa shape index (κ1) is 18.1. The molecule has 0 radical (unpaired) electrons. The van der Waals surface area contributed by atoms with Gasteiger partial charge in [0.2, 0.25) is 11.8 Å². The molecule has 1 aromatic carbocycles. The number of fused-ring (bicyclic) bond motifs is 2. The van der Waals surface area contributed by atoms with Crippen LogP contribution in [0.15, 0.2) is 59.7 Å². The van der Waals surface area contributed by atoms with E-state index in [2.05, 4.69) is 20.2 Å². The highest BCUT2D eigenvalue weighted by atomic mass is 19.3. The highest BCUT2D eigenvalue weighted by Gasteiger charge is 2.18. The molecule has 0 spiro atoms. The maximum atomic E-state index is 13.7. The zero-order valence-corrected chi connectivity index (χ0v) is 17.6. The smallest absolute Gasteiger partial charge is 0.281 e. The first-order valence-electron chi connectivity index (χ1n) is 11.5. The van der Waals surface area contributed by atoms with E-state index in [1.165, 1.54) is 35.1 Å². The Balaban J connectivity index is 1.69. The van der Waals surface area contributed by atoms with Crippen LogP contribution < -0.4 is 15.0 Å². The van der Waals surface area contributed by atoms with Crippen molar-refractivity contribution in [2.24, 2.45) is 7.05 Å². The van der Waals surface area contributed by atoms with Crippen LogP contribution in [-0.2, 0) is 7.05 Å². The van der Waals surface area contributed by atoms with Crippen LogP contribution in [0.3, 0.4) is 0 Å². The molecule has 9 nitrogen and oxygen atoms in total. The summed E-state index contributed by atoms with van der Waals surface area (Å²) in [5.41, 5.74) is 1.35. The van der Waals surface area contributed by atoms with E-state index >= 15 is 0 Å². The second-order valence-corrected chi connectivity index (χ2v) is 7.34. The topological polar surface area (TPSA) is 97.0 Å². The van der Waals surface area contributed by atoms with Crippen LogP contribution in [0.25, 0.3) is 38.8 Å². The maximum Gasteiger partial charge on any atom is 0.281 e. The number of hydrogen-bond acceptors (Lipinski definition) is 7. The Bertz CT molecular complexity index is 1670. The molecule has 11 heteroatoms. The van der Waals surface area contributed by atoms with Crippen LogP contribution in [0.4, 0.5) is 8.78 Å².